The summed E-state index contributed by atoms with van der Waals surface area (Å²) >= 11 is 0. The summed E-state index contributed by atoms with van der Waals surface area (Å²) in [7, 11) is 0. The van der Waals surface area contributed by atoms with Crippen LogP contribution in [-0.2, 0) is 22.4 Å². The highest BCUT2D eigenvalue weighted by molar-refractivity contribution is 6.51. The van der Waals surface area contributed by atoms with Gasteiger partial charge in [-0.2, -0.15) is 0 Å². The van der Waals surface area contributed by atoms with Crippen LogP contribution in [0.3, 0.4) is 0 Å². The minimum absolute atomic E-state index is 0.111. The standard InChI is InChI=1S/C33H31NO3/c1-3-5-8-23-13-19-28(20-14-23)34-30(25-15-11-22(4-2)12-16-25)29(32(36)33(34)37)31(35)27-18-17-24-9-6-7-10-26(24)21-27/h6-7,9-21,30,35H,3-5,8H2,1-2H3/b31-29-. The van der Waals surface area contributed by atoms with Gasteiger partial charge in [0.1, 0.15) is 5.76 Å². The number of fused-ring (bicyclic) bond motifs is 1. The van der Waals surface area contributed by atoms with E-state index in [2.05, 4.69) is 13.8 Å². The number of aliphatic hydroxyl groups is 1. The summed E-state index contributed by atoms with van der Waals surface area (Å²) in [6.45, 7) is 4.24. The molecular weight excluding hydrogens is 458 g/mol. The summed E-state index contributed by atoms with van der Waals surface area (Å²) < 4.78 is 0. The van der Waals surface area contributed by atoms with E-state index in [-0.39, 0.29) is 11.3 Å². The maximum atomic E-state index is 13.5. The number of aryl methyl sites for hydroxylation is 2. The predicted octanol–water partition coefficient (Wildman–Crippen LogP) is 7.37. The number of hydrogen-bond donors (Lipinski definition) is 1. The molecule has 4 aromatic carbocycles. The summed E-state index contributed by atoms with van der Waals surface area (Å²) in [5.74, 6) is -1.46. The van der Waals surface area contributed by atoms with E-state index in [1.165, 1.54) is 10.5 Å². The maximum Gasteiger partial charge on any atom is 0.300 e. The molecule has 0 saturated carbocycles. The lowest BCUT2D eigenvalue weighted by atomic mass is 9.93. The third kappa shape index (κ3) is 4.67. The molecule has 4 aromatic rings. The molecule has 1 heterocycles. The molecule has 1 unspecified atom stereocenters. The highest BCUT2D eigenvalue weighted by atomic mass is 16.3. The van der Waals surface area contributed by atoms with Crippen LogP contribution in [0, 0.1) is 0 Å². The van der Waals surface area contributed by atoms with Crippen LogP contribution in [0.15, 0.2) is 96.6 Å². The van der Waals surface area contributed by atoms with Crippen molar-refractivity contribution in [3.63, 3.8) is 0 Å². The average molecular weight is 490 g/mol. The number of rotatable bonds is 7. The minimum atomic E-state index is -0.723. The Balaban J connectivity index is 1.64. The van der Waals surface area contributed by atoms with Crippen LogP contribution < -0.4 is 4.90 Å². The van der Waals surface area contributed by atoms with Crippen molar-refractivity contribution in [2.75, 3.05) is 4.90 Å². The monoisotopic (exact) mass is 489 g/mol. The molecule has 5 rings (SSSR count). The number of hydrogen-bond acceptors (Lipinski definition) is 3. The number of benzene rings is 4. The molecule has 1 N–H and O–H groups in total. The van der Waals surface area contributed by atoms with E-state index < -0.39 is 17.7 Å². The number of Topliss-reactive ketones (excluding diaryl/α,β-unsaturated/α-hetero) is 1. The van der Waals surface area contributed by atoms with E-state index in [0.29, 0.717) is 11.3 Å². The normalized spacial score (nSPS) is 17.0. The molecule has 1 saturated heterocycles. The molecule has 0 aromatic heterocycles. The highest BCUT2D eigenvalue weighted by Gasteiger charge is 2.46. The number of carbonyl (C=O) groups is 2. The Bertz CT molecular complexity index is 1480. The van der Waals surface area contributed by atoms with Crippen LogP contribution in [-0.4, -0.2) is 16.8 Å². The lowest BCUT2D eigenvalue weighted by Gasteiger charge is -2.26. The van der Waals surface area contributed by atoms with Crippen molar-refractivity contribution >= 4 is 33.9 Å². The summed E-state index contributed by atoms with van der Waals surface area (Å²) in [5.41, 5.74) is 4.41. The van der Waals surface area contributed by atoms with E-state index in [4.69, 9.17) is 0 Å². The van der Waals surface area contributed by atoms with E-state index >= 15 is 0 Å². The third-order valence-electron chi connectivity index (χ3n) is 7.20. The number of aliphatic hydroxyl groups excluding tert-OH is 1. The summed E-state index contributed by atoms with van der Waals surface area (Å²) in [4.78, 5) is 28.5. The van der Waals surface area contributed by atoms with Gasteiger partial charge < -0.3 is 5.11 Å². The van der Waals surface area contributed by atoms with Gasteiger partial charge in [0.2, 0.25) is 0 Å². The highest BCUT2D eigenvalue weighted by Crippen LogP contribution is 2.42. The molecule has 0 aliphatic carbocycles. The van der Waals surface area contributed by atoms with Crippen LogP contribution >= 0.6 is 0 Å². The number of carbonyl (C=O) groups excluding carboxylic acids is 2. The fourth-order valence-electron chi connectivity index (χ4n) is 5.05. The number of unbranched alkanes of at least 4 members (excludes halogenated alkanes) is 1. The Kier molecular flexibility index (Phi) is 6.91. The number of anilines is 1. The topological polar surface area (TPSA) is 57.6 Å². The zero-order valence-electron chi connectivity index (χ0n) is 21.3. The first-order valence-corrected chi connectivity index (χ1v) is 13.0. The second kappa shape index (κ2) is 10.4. The van der Waals surface area contributed by atoms with E-state index in [1.807, 2.05) is 84.9 Å². The minimum Gasteiger partial charge on any atom is -0.507 e. The van der Waals surface area contributed by atoms with Gasteiger partial charge in [0.25, 0.3) is 11.7 Å². The van der Waals surface area contributed by atoms with Gasteiger partial charge in [0.15, 0.2) is 0 Å². The molecule has 0 spiro atoms. The van der Waals surface area contributed by atoms with E-state index in [0.717, 1.165) is 47.6 Å². The average Bonchev–Trinajstić information content (AvgIpc) is 3.21. The van der Waals surface area contributed by atoms with Gasteiger partial charge in [-0.25, -0.2) is 0 Å². The quantitative estimate of drug-likeness (QED) is 0.167. The maximum absolute atomic E-state index is 13.5. The Morgan fingerprint density at radius 1 is 0.811 bits per heavy atom. The molecule has 1 aliphatic rings. The molecule has 186 valence electrons. The SMILES string of the molecule is CCCCc1ccc(N2C(=O)C(=O)/C(=C(\O)c3ccc4ccccc4c3)C2c2ccc(CC)cc2)cc1. The molecule has 1 fully saturated rings. The summed E-state index contributed by atoms with van der Waals surface area (Å²) in [6, 6.07) is 28.5. The third-order valence-corrected chi connectivity index (χ3v) is 7.20. The van der Waals surface area contributed by atoms with E-state index in [9.17, 15) is 14.7 Å². The molecular formula is C33H31NO3. The zero-order valence-corrected chi connectivity index (χ0v) is 21.3. The number of ketones is 1. The molecule has 0 radical (unpaired) electrons. The van der Waals surface area contributed by atoms with Gasteiger partial charge in [0, 0.05) is 11.3 Å². The van der Waals surface area contributed by atoms with Crippen LogP contribution in [0.4, 0.5) is 5.69 Å². The second-order valence-corrected chi connectivity index (χ2v) is 9.60. The van der Waals surface area contributed by atoms with Gasteiger partial charge in [-0.1, -0.05) is 93.1 Å². The van der Waals surface area contributed by atoms with Crippen LogP contribution in [0.5, 0.6) is 0 Å². The number of amides is 1. The Morgan fingerprint density at radius 2 is 1.49 bits per heavy atom. The smallest absolute Gasteiger partial charge is 0.300 e. The fraction of sp³-hybridized carbons (Fsp3) is 0.212. The van der Waals surface area contributed by atoms with Crippen molar-refractivity contribution in [2.24, 2.45) is 0 Å². The van der Waals surface area contributed by atoms with Gasteiger partial charge in [-0.05, 0) is 64.9 Å². The van der Waals surface area contributed by atoms with Crippen molar-refractivity contribution in [1.29, 1.82) is 0 Å². The molecule has 1 amide bonds. The van der Waals surface area contributed by atoms with Crippen LogP contribution in [0.25, 0.3) is 16.5 Å². The van der Waals surface area contributed by atoms with Gasteiger partial charge in [-0.15, -0.1) is 0 Å². The summed E-state index contributed by atoms with van der Waals surface area (Å²) in [6.07, 6.45) is 4.06. The Morgan fingerprint density at radius 3 is 2.16 bits per heavy atom. The van der Waals surface area contributed by atoms with Crippen molar-refractivity contribution < 1.29 is 14.7 Å². The first-order valence-electron chi connectivity index (χ1n) is 13.0. The zero-order chi connectivity index (χ0) is 25.9. The molecule has 1 atom stereocenters. The number of nitrogens with zero attached hydrogens (tertiary/aromatic N) is 1. The van der Waals surface area contributed by atoms with Crippen LogP contribution in [0.2, 0.25) is 0 Å². The first-order chi connectivity index (χ1) is 18.0. The van der Waals surface area contributed by atoms with Crippen molar-refractivity contribution in [2.45, 2.75) is 45.6 Å². The molecule has 1 aliphatic heterocycles. The van der Waals surface area contributed by atoms with Gasteiger partial charge in [0.05, 0.1) is 11.6 Å². The second-order valence-electron chi connectivity index (χ2n) is 9.60. The molecule has 4 nitrogen and oxygen atoms in total. The lowest BCUT2D eigenvalue weighted by molar-refractivity contribution is -0.132. The van der Waals surface area contributed by atoms with E-state index in [1.54, 1.807) is 6.07 Å². The Hall–Kier alpha value is -4.18. The first kappa shape index (κ1) is 24.5. The van der Waals surface area contributed by atoms with Crippen molar-refractivity contribution in [3.8, 4) is 0 Å². The van der Waals surface area contributed by atoms with Crippen molar-refractivity contribution in [1.82, 2.24) is 0 Å². The molecule has 0 bridgehead atoms. The molecule has 4 heteroatoms. The summed E-state index contributed by atoms with van der Waals surface area (Å²) in [5, 5.41) is 13.5. The van der Waals surface area contributed by atoms with Crippen molar-refractivity contribution in [3.05, 3.63) is 119 Å². The lowest BCUT2D eigenvalue weighted by Crippen LogP contribution is -2.29. The van der Waals surface area contributed by atoms with Gasteiger partial charge in [-0.3, -0.25) is 14.5 Å². The fourth-order valence-corrected chi connectivity index (χ4v) is 5.05. The largest absolute Gasteiger partial charge is 0.507 e. The predicted molar refractivity (Wildman–Crippen MR) is 150 cm³/mol. The van der Waals surface area contributed by atoms with Crippen LogP contribution in [0.1, 0.15) is 55.0 Å². The van der Waals surface area contributed by atoms with Gasteiger partial charge >= 0.3 is 0 Å². The molecule has 37 heavy (non-hydrogen) atoms. The Labute approximate surface area is 217 Å².